The molecule has 2 unspecified atom stereocenters. The van der Waals surface area contributed by atoms with Crippen molar-refractivity contribution in [2.75, 3.05) is 26.7 Å². The largest absolute Gasteiger partial charge is 0.497 e. The summed E-state index contributed by atoms with van der Waals surface area (Å²) in [4.78, 5) is 25.6. The molecule has 1 aliphatic heterocycles. The predicted molar refractivity (Wildman–Crippen MR) is 108 cm³/mol. The third-order valence-electron chi connectivity index (χ3n) is 4.99. The molecule has 2 atom stereocenters. The lowest BCUT2D eigenvalue weighted by atomic mass is 9.99. The van der Waals surface area contributed by atoms with Gasteiger partial charge in [0.15, 0.2) is 0 Å². The van der Waals surface area contributed by atoms with E-state index in [1.807, 2.05) is 30.3 Å². The molecule has 1 heterocycles. The van der Waals surface area contributed by atoms with E-state index < -0.39 is 6.04 Å². The van der Waals surface area contributed by atoms with E-state index >= 15 is 0 Å². The molecule has 148 valence electrons. The second-order valence-corrected chi connectivity index (χ2v) is 7.00. The molecule has 0 radical (unpaired) electrons. The minimum absolute atomic E-state index is 0.196. The number of carbonyl (C=O) groups excluding carboxylic acids is 2. The number of nitrogens with one attached hydrogen (secondary N) is 3. The highest BCUT2D eigenvalue weighted by atomic mass is 16.5. The minimum Gasteiger partial charge on any atom is -0.497 e. The molecule has 6 heteroatoms. The first kappa shape index (κ1) is 19.9. The van der Waals surface area contributed by atoms with Gasteiger partial charge in [0.25, 0.3) is 5.91 Å². The van der Waals surface area contributed by atoms with Crippen LogP contribution in [0.5, 0.6) is 5.75 Å². The molecule has 6 nitrogen and oxygen atoms in total. The van der Waals surface area contributed by atoms with Gasteiger partial charge in [-0.25, -0.2) is 0 Å². The van der Waals surface area contributed by atoms with Gasteiger partial charge >= 0.3 is 0 Å². The van der Waals surface area contributed by atoms with Crippen molar-refractivity contribution in [2.24, 2.45) is 5.92 Å². The smallest absolute Gasteiger partial charge is 0.252 e. The van der Waals surface area contributed by atoms with E-state index in [4.69, 9.17) is 4.74 Å². The van der Waals surface area contributed by atoms with E-state index in [9.17, 15) is 9.59 Å². The Hall–Kier alpha value is -2.86. The van der Waals surface area contributed by atoms with Gasteiger partial charge < -0.3 is 20.7 Å². The lowest BCUT2D eigenvalue weighted by Gasteiger charge is -2.25. The van der Waals surface area contributed by atoms with Crippen molar-refractivity contribution in [2.45, 2.75) is 18.9 Å². The average molecular weight is 381 g/mol. The molecule has 2 aromatic rings. The number of rotatable bonds is 7. The van der Waals surface area contributed by atoms with Crippen LogP contribution >= 0.6 is 0 Å². The number of carbonyl (C=O) groups is 2. The van der Waals surface area contributed by atoms with Crippen molar-refractivity contribution in [1.29, 1.82) is 0 Å². The molecular weight excluding hydrogens is 354 g/mol. The zero-order valence-electron chi connectivity index (χ0n) is 16.1. The summed E-state index contributed by atoms with van der Waals surface area (Å²) < 4.78 is 5.13. The van der Waals surface area contributed by atoms with Gasteiger partial charge in [0, 0.05) is 12.1 Å². The molecule has 1 aliphatic rings. The second-order valence-electron chi connectivity index (χ2n) is 7.00. The third kappa shape index (κ3) is 5.33. The highest BCUT2D eigenvalue weighted by Crippen LogP contribution is 2.16. The van der Waals surface area contributed by atoms with E-state index in [1.54, 1.807) is 31.4 Å². The van der Waals surface area contributed by atoms with Crippen LogP contribution in [-0.2, 0) is 4.79 Å². The third-order valence-corrected chi connectivity index (χ3v) is 4.99. The Morgan fingerprint density at radius 2 is 1.89 bits per heavy atom. The predicted octanol–water partition coefficient (Wildman–Crippen LogP) is 2.28. The topological polar surface area (TPSA) is 79.5 Å². The van der Waals surface area contributed by atoms with Gasteiger partial charge in [-0.1, -0.05) is 30.3 Å². The van der Waals surface area contributed by atoms with Gasteiger partial charge in [-0.2, -0.15) is 0 Å². The van der Waals surface area contributed by atoms with Gasteiger partial charge in [-0.15, -0.1) is 0 Å². The highest BCUT2D eigenvalue weighted by Gasteiger charge is 2.24. The number of amides is 2. The normalized spacial score (nSPS) is 17.4. The number of ether oxygens (including phenoxy) is 1. The fourth-order valence-electron chi connectivity index (χ4n) is 3.35. The summed E-state index contributed by atoms with van der Waals surface area (Å²) >= 11 is 0. The van der Waals surface area contributed by atoms with Gasteiger partial charge in [-0.05, 0) is 61.7 Å². The van der Waals surface area contributed by atoms with E-state index in [2.05, 4.69) is 16.0 Å². The van der Waals surface area contributed by atoms with Crippen LogP contribution in [0.2, 0.25) is 0 Å². The fraction of sp³-hybridized carbons (Fsp3) is 0.364. The van der Waals surface area contributed by atoms with Crippen molar-refractivity contribution in [3.8, 4) is 5.75 Å². The molecule has 0 bridgehead atoms. The molecule has 0 aliphatic carbocycles. The summed E-state index contributed by atoms with van der Waals surface area (Å²) in [5.41, 5.74) is 1.23. The number of benzene rings is 2. The maximum absolute atomic E-state index is 12.9. The summed E-state index contributed by atoms with van der Waals surface area (Å²) in [5.74, 6) is 0.603. The number of hydrogen-bond acceptors (Lipinski definition) is 4. The zero-order valence-corrected chi connectivity index (χ0v) is 16.1. The molecule has 1 saturated heterocycles. The Labute approximate surface area is 165 Å². The molecule has 28 heavy (non-hydrogen) atoms. The number of piperidine rings is 1. The maximum Gasteiger partial charge on any atom is 0.252 e. The first-order valence-corrected chi connectivity index (χ1v) is 9.65. The molecule has 0 spiro atoms. The first-order valence-electron chi connectivity index (χ1n) is 9.65. The molecule has 0 aromatic heterocycles. The molecule has 0 saturated carbocycles. The maximum atomic E-state index is 12.9. The van der Waals surface area contributed by atoms with Crippen molar-refractivity contribution in [3.63, 3.8) is 0 Å². The Morgan fingerprint density at radius 1 is 1.14 bits per heavy atom. The van der Waals surface area contributed by atoms with E-state index in [-0.39, 0.29) is 11.8 Å². The summed E-state index contributed by atoms with van der Waals surface area (Å²) in [7, 11) is 1.58. The van der Waals surface area contributed by atoms with Gasteiger partial charge in [0.05, 0.1) is 7.11 Å². The summed E-state index contributed by atoms with van der Waals surface area (Å²) in [6.45, 7) is 2.55. The standard InChI is InChI=1S/C22H27N3O3/c1-28-19-11-9-18(10-12-19)21(26)25-20(17-7-3-2-4-8-17)22(27)24-15-16-6-5-13-23-14-16/h2-4,7-12,16,20,23H,5-6,13-15H2,1H3,(H,24,27)(H,25,26). The summed E-state index contributed by atoms with van der Waals surface area (Å²) in [6, 6.07) is 15.4. The number of methoxy groups -OCH3 is 1. The van der Waals surface area contributed by atoms with Crippen LogP contribution in [-0.4, -0.2) is 38.6 Å². The second kappa shape index (κ2) is 9.90. The number of hydrogen-bond donors (Lipinski definition) is 3. The lowest BCUT2D eigenvalue weighted by Crippen LogP contribution is -2.44. The molecule has 3 N–H and O–H groups in total. The van der Waals surface area contributed by atoms with Crippen molar-refractivity contribution >= 4 is 11.8 Å². The Kier molecular flexibility index (Phi) is 7.03. The fourth-order valence-corrected chi connectivity index (χ4v) is 3.35. The van der Waals surface area contributed by atoms with Crippen LogP contribution < -0.4 is 20.7 Å². The molecular formula is C22H27N3O3. The van der Waals surface area contributed by atoms with Gasteiger partial charge in [0.2, 0.25) is 5.91 Å². The van der Waals surface area contributed by atoms with Crippen molar-refractivity contribution in [1.82, 2.24) is 16.0 Å². The molecule has 2 aromatic carbocycles. The van der Waals surface area contributed by atoms with Crippen LogP contribution in [0.1, 0.15) is 34.8 Å². The SMILES string of the molecule is COc1ccc(C(=O)NC(C(=O)NCC2CCCNC2)c2ccccc2)cc1. The van der Waals surface area contributed by atoms with Crippen LogP contribution in [0.3, 0.4) is 0 Å². The van der Waals surface area contributed by atoms with Crippen LogP contribution in [0.25, 0.3) is 0 Å². The average Bonchev–Trinajstić information content (AvgIpc) is 2.77. The Bertz CT molecular complexity index is 771. The Morgan fingerprint density at radius 3 is 2.54 bits per heavy atom. The quantitative estimate of drug-likeness (QED) is 0.688. The zero-order chi connectivity index (χ0) is 19.8. The van der Waals surface area contributed by atoms with Gasteiger partial charge in [-0.3, -0.25) is 9.59 Å². The van der Waals surface area contributed by atoms with Crippen LogP contribution in [0.4, 0.5) is 0 Å². The molecule has 2 amide bonds. The van der Waals surface area contributed by atoms with E-state index in [1.165, 1.54) is 0 Å². The lowest BCUT2D eigenvalue weighted by molar-refractivity contribution is -0.123. The molecule has 3 rings (SSSR count). The summed E-state index contributed by atoms with van der Waals surface area (Å²) in [5, 5.41) is 9.23. The van der Waals surface area contributed by atoms with Crippen LogP contribution in [0, 0.1) is 5.92 Å². The first-order chi connectivity index (χ1) is 13.7. The van der Waals surface area contributed by atoms with Crippen LogP contribution in [0.15, 0.2) is 54.6 Å². The van der Waals surface area contributed by atoms with E-state index in [0.717, 1.165) is 31.5 Å². The highest BCUT2D eigenvalue weighted by molar-refractivity contribution is 5.98. The molecule has 1 fully saturated rings. The van der Waals surface area contributed by atoms with Gasteiger partial charge in [0.1, 0.15) is 11.8 Å². The monoisotopic (exact) mass is 381 g/mol. The van der Waals surface area contributed by atoms with Crippen molar-refractivity contribution in [3.05, 3.63) is 65.7 Å². The van der Waals surface area contributed by atoms with Crippen molar-refractivity contribution < 1.29 is 14.3 Å². The summed E-state index contributed by atoms with van der Waals surface area (Å²) in [6.07, 6.45) is 2.22. The minimum atomic E-state index is -0.743. The van der Waals surface area contributed by atoms with E-state index in [0.29, 0.717) is 23.8 Å². The Balaban J connectivity index is 1.69.